The molecule has 0 atom stereocenters. The number of rotatable bonds is 8. The Kier molecular flexibility index (Phi) is 6.90. The van der Waals surface area contributed by atoms with Crippen LogP contribution in [0.2, 0.25) is 0 Å². The fourth-order valence-corrected chi connectivity index (χ4v) is 2.04. The van der Waals surface area contributed by atoms with Gasteiger partial charge in [-0.2, -0.15) is 0 Å². The summed E-state index contributed by atoms with van der Waals surface area (Å²) in [5.74, 6) is 0. The van der Waals surface area contributed by atoms with Crippen molar-refractivity contribution in [3.05, 3.63) is 34.9 Å². The highest BCUT2D eigenvalue weighted by Crippen LogP contribution is 2.08. The third-order valence-corrected chi connectivity index (χ3v) is 2.74. The van der Waals surface area contributed by atoms with Crippen molar-refractivity contribution in [2.75, 3.05) is 19.6 Å². The van der Waals surface area contributed by atoms with Crippen LogP contribution < -0.4 is 10.6 Å². The van der Waals surface area contributed by atoms with Crippen LogP contribution in [-0.2, 0) is 6.54 Å². The van der Waals surface area contributed by atoms with E-state index >= 15 is 0 Å². The average molecular weight is 234 g/mol. The molecule has 1 rings (SSSR count). The topological polar surface area (TPSA) is 24.1 Å². The van der Waals surface area contributed by atoms with Gasteiger partial charge < -0.3 is 10.6 Å². The Hall–Kier alpha value is -0.860. The highest BCUT2D eigenvalue weighted by molar-refractivity contribution is 5.28. The Morgan fingerprint density at radius 3 is 2.18 bits per heavy atom. The molecule has 0 aliphatic carbocycles. The van der Waals surface area contributed by atoms with Gasteiger partial charge in [0.25, 0.3) is 0 Å². The van der Waals surface area contributed by atoms with Crippen molar-refractivity contribution in [2.24, 2.45) is 0 Å². The summed E-state index contributed by atoms with van der Waals surface area (Å²) in [6, 6.07) is 6.74. The van der Waals surface area contributed by atoms with E-state index < -0.39 is 0 Å². The van der Waals surface area contributed by atoms with Crippen LogP contribution >= 0.6 is 0 Å². The molecule has 0 saturated carbocycles. The first-order valence-electron chi connectivity index (χ1n) is 6.71. The highest BCUT2D eigenvalue weighted by Gasteiger charge is 1.95. The van der Waals surface area contributed by atoms with Crippen LogP contribution in [0, 0.1) is 13.8 Å². The smallest absolute Gasteiger partial charge is 0.0205 e. The molecule has 17 heavy (non-hydrogen) atoms. The van der Waals surface area contributed by atoms with Crippen molar-refractivity contribution in [1.29, 1.82) is 0 Å². The monoisotopic (exact) mass is 234 g/mol. The minimum atomic E-state index is 0.982. The Morgan fingerprint density at radius 1 is 0.882 bits per heavy atom. The van der Waals surface area contributed by atoms with E-state index in [4.69, 9.17) is 0 Å². The lowest BCUT2D eigenvalue weighted by Gasteiger charge is -2.07. The molecule has 0 fully saturated rings. The fraction of sp³-hybridized carbons (Fsp3) is 0.600. The van der Waals surface area contributed by atoms with E-state index in [0.717, 1.165) is 26.2 Å². The second-order valence-electron chi connectivity index (χ2n) is 4.78. The van der Waals surface area contributed by atoms with Crippen molar-refractivity contribution in [1.82, 2.24) is 10.6 Å². The Morgan fingerprint density at radius 2 is 1.53 bits per heavy atom. The molecule has 0 saturated heterocycles. The number of nitrogens with one attached hydrogen (secondary N) is 2. The lowest BCUT2D eigenvalue weighted by atomic mass is 10.1. The molecule has 96 valence electrons. The molecular formula is C15H26N2. The molecule has 0 bridgehead atoms. The molecule has 0 spiro atoms. The van der Waals surface area contributed by atoms with Crippen LogP contribution in [-0.4, -0.2) is 19.6 Å². The van der Waals surface area contributed by atoms with Crippen LogP contribution in [0.3, 0.4) is 0 Å². The molecule has 0 aliphatic heterocycles. The highest BCUT2D eigenvalue weighted by atomic mass is 14.9. The number of aryl methyl sites for hydroxylation is 2. The molecule has 0 unspecified atom stereocenters. The molecule has 0 aliphatic rings. The van der Waals surface area contributed by atoms with Gasteiger partial charge in [-0.1, -0.05) is 36.2 Å². The van der Waals surface area contributed by atoms with Gasteiger partial charge in [0.05, 0.1) is 0 Å². The Labute approximate surface area is 106 Å². The molecular weight excluding hydrogens is 208 g/mol. The number of benzene rings is 1. The fourth-order valence-electron chi connectivity index (χ4n) is 2.04. The van der Waals surface area contributed by atoms with Crippen molar-refractivity contribution in [3.8, 4) is 0 Å². The standard InChI is InChI=1S/C15H26N2/c1-4-6-16-7-5-8-17-12-15-10-13(2)9-14(3)11-15/h9-11,16-17H,4-8,12H2,1-3H3. The maximum Gasteiger partial charge on any atom is 0.0205 e. The summed E-state index contributed by atoms with van der Waals surface area (Å²) in [6.45, 7) is 10.8. The van der Waals surface area contributed by atoms with E-state index in [1.807, 2.05) is 0 Å². The summed E-state index contributed by atoms with van der Waals surface area (Å²) in [5.41, 5.74) is 4.10. The van der Waals surface area contributed by atoms with Crippen molar-refractivity contribution in [2.45, 2.75) is 40.2 Å². The number of hydrogen-bond donors (Lipinski definition) is 2. The van der Waals surface area contributed by atoms with Gasteiger partial charge >= 0.3 is 0 Å². The SMILES string of the molecule is CCCNCCCNCc1cc(C)cc(C)c1. The molecule has 1 aromatic rings. The largest absolute Gasteiger partial charge is 0.317 e. The van der Waals surface area contributed by atoms with Gasteiger partial charge in [-0.05, 0) is 51.9 Å². The van der Waals surface area contributed by atoms with Crippen LogP contribution in [0.15, 0.2) is 18.2 Å². The molecule has 2 heteroatoms. The second-order valence-corrected chi connectivity index (χ2v) is 4.78. The lowest BCUT2D eigenvalue weighted by molar-refractivity contribution is 0.592. The molecule has 2 N–H and O–H groups in total. The Bertz CT molecular complexity index is 300. The third kappa shape index (κ3) is 6.44. The van der Waals surface area contributed by atoms with Gasteiger partial charge in [-0.25, -0.2) is 0 Å². The van der Waals surface area contributed by atoms with Crippen LogP contribution in [0.1, 0.15) is 36.5 Å². The van der Waals surface area contributed by atoms with E-state index in [2.05, 4.69) is 49.6 Å². The van der Waals surface area contributed by atoms with Gasteiger partial charge in [-0.3, -0.25) is 0 Å². The van der Waals surface area contributed by atoms with E-state index in [9.17, 15) is 0 Å². The summed E-state index contributed by atoms with van der Waals surface area (Å²) >= 11 is 0. The minimum absolute atomic E-state index is 0.982. The molecule has 0 aromatic heterocycles. The molecule has 0 amide bonds. The van der Waals surface area contributed by atoms with Gasteiger partial charge in [-0.15, -0.1) is 0 Å². The summed E-state index contributed by atoms with van der Waals surface area (Å²) in [4.78, 5) is 0. The van der Waals surface area contributed by atoms with Gasteiger partial charge in [0.1, 0.15) is 0 Å². The van der Waals surface area contributed by atoms with E-state index in [1.165, 1.54) is 29.5 Å². The molecule has 0 heterocycles. The van der Waals surface area contributed by atoms with E-state index in [-0.39, 0.29) is 0 Å². The quantitative estimate of drug-likeness (QED) is 0.676. The van der Waals surface area contributed by atoms with Crippen LogP contribution in [0.25, 0.3) is 0 Å². The van der Waals surface area contributed by atoms with Gasteiger partial charge in [0, 0.05) is 6.54 Å². The maximum absolute atomic E-state index is 3.49. The predicted molar refractivity (Wildman–Crippen MR) is 75.4 cm³/mol. The van der Waals surface area contributed by atoms with Crippen molar-refractivity contribution in [3.63, 3.8) is 0 Å². The Balaban J connectivity index is 2.13. The zero-order chi connectivity index (χ0) is 12.5. The normalized spacial score (nSPS) is 10.8. The maximum atomic E-state index is 3.49. The van der Waals surface area contributed by atoms with Crippen molar-refractivity contribution >= 4 is 0 Å². The van der Waals surface area contributed by atoms with Crippen LogP contribution in [0.4, 0.5) is 0 Å². The zero-order valence-electron chi connectivity index (χ0n) is 11.5. The van der Waals surface area contributed by atoms with E-state index in [0.29, 0.717) is 0 Å². The summed E-state index contributed by atoms with van der Waals surface area (Å²) in [6.07, 6.45) is 2.42. The molecule has 2 nitrogen and oxygen atoms in total. The molecule has 0 radical (unpaired) electrons. The number of hydrogen-bond acceptors (Lipinski definition) is 2. The first kappa shape index (κ1) is 14.2. The summed E-state index contributed by atoms with van der Waals surface area (Å²) < 4.78 is 0. The minimum Gasteiger partial charge on any atom is -0.317 e. The van der Waals surface area contributed by atoms with Crippen molar-refractivity contribution < 1.29 is 0 Å². The first-order valence-corrected chi connectivity index (χ1v) is 6.71. The summed E-state index contributed by atoms with van der Waals surface area (Å²) in [7, 11) is 0. The van der Waals surface area contributed by atoms with E-state index in [1.54, 1.807) is 0 Å². The molecule has 1 aromatic carbocycles. The van der Waals surface area contributed by atoms with Gasteiger partial charge in [0.2, 0.25) is 0 Å². The average Bonchev–Trinajstić information content (AvgIpc) is 2.26. The predicted octanol–water partition coefficient (Wildman–Crippen LogP) is 2.78. The second kappa shape index (κ2) is 8.26. The van der Waals surface area contributed by atoms with Gasteiger partial charge in [0.15, 0.2) is 0 Å². The summed E-state index contributed by atoms with van der Waals surface area (Å²) in [5, 5.41) is 6.90. The van der Waals surface area contributed by atoms with Crippen LogP contribution in [0.5, 0.6) is 0 Å². The first-order chi connectivity index (χ1) is 8.22. The lowest BCUT2D eigenvalue weighted by Crippen LogP contribution is -2.22. The third-order valence-electron chi connectivity index (χ3n) is 2.74. The zero-order valence-corrected chi connectivity index (χ0v) is 11.5.